The van der Waals surface area contributed by atoms with Crippen molar-refractivity contribution >= 4 is 39.0 Å². The van der Waals surface area contributed by atoms with Crippen LogP contribution in [0.15, 0.2) is 47.5 Å². The largest absolute Gasteiger partial charge is 0.372 e. The summed E-state index contributed by atoms with van der Waals surface area (Å²) in [5.74, 6) is 0.212. The van der Waals surface area contributed by atoms with E-state index < -0.39 is 15.9 Å². The minimum Gasteiger partial charge on any atom is -0.372 e. The maximum Gasteiger partial charge on any atom is 0.243 e. The molecule has 1 amide bonds. The molecule has 10 heteroatoms. The minimum atomic E-state index is -3.68. The molecule has 3 heterocycles. The first-order chi connectivity index (χ1) is 15.7. The molecule has 33 heavy (non-hydrogen) atoms. The molecule has 1 aromatic heterocycles. The van der Waals surface area contributed by atoms with E-state index in [2.05, 4.69) is 15.2 Å². The Morgan fingerprint density at radius 1 is 1.09 bits per heavy atom. The second kappa shape index (κ2) is 9.97. The standard InChI is InChI=1S/C23H29ClN4O4S/c1-16-13-27(14-17(2)32-16)22-10-7-20(12-25-22)26-23(29)18-4-3-11-28(15-18)33(30,31)21-8-5-19(24)6-9-21/h5-10,12,16-18H,3-4,11,13-15H2,1-2H3,(H,26,29). The summed E-state index contributed by atoms with van der Waals surface area (Å²) in [7, 11) is -3.68. The third-order valence-electron chi connectivity index (χ3n) is 5.97. The van der Waals surface area contributed by atoms with Gasteiger partial charge in [0.05, 0.1) is 34.9 Å². The van der Waals surface area contributed by atoms with E-state index in [9.17, 15) is 13.2 Å². The summed E-state index contributed by atoms with van der Waals surface area (Å²) in [4.78, 5) is 19.7. The van der Waals surface area contributed by atoms with E-state index in [1.165, 1.54) is 16.4 Å². The molecule has 2 fully saturated rings. The highest BCUT2D eigenvalue weighted by Crippen LogP contribution is 2.26. The molecule has 1 N–H and O–H groups in total. The summed E-state index contributed by atoms with van der Waals surface area (Å²) >= 11 is 5.88. The monoisotopic (exact) mass is 492 g/mol. The van der Waals surface area contributed by atoms with Crippen molar-refractivity contribution in [1.29, 1.82) is 0 Å². The number of aromatic nitrogens is 1. The quantitative estimate of drug-likeness (QED) is 0.687. The van der Waals surface area contributed by atoms with Gasteiger partial charge in [-0.15, -0.1) is 0 Å². The van der Waals surface area contributed by atoms with E-state index in [4.69, 9.17) is 16.3 Å². The first kappa shape index (κ1) is 23.9. The minimum absolute atomic E-state index is 0.133. The van der Waals surface area contributed by atoms with Gasteiger partial charge < -0.3 is 15.0 Å². The van der Waals surface area contributed by atoms with Crippen LogP contribution < -0.4 is 10.2 Å². The van der Waals surface area contributed by atoms with Gasteiger partial charge in [-0.3, -0.25) is 4.79 Å². The maximum atomic E-state index is 13.0. The van der Waals surface area contributed by atoms with E-state index >= 15 is 0 Å². The van der Waals surface area contributed by atoms with Crippen molar-refractivity contribution in [3.05, 3.63) is 47.6 Å². The van der Waals surface area contributed by atoms with Crippen LogP contribution in [-0.2, 0) is 19.6 Å². The third-order valence-corrected chi connectivity index (χ3v) is 8.10. The van der Waals surface area contributed by atoms with Gasteiger partial charge in [0.1, 0.15) is 5.82 Å². The number of hydrogen-bond acceptors (Lipinski definition) is 6. The highest BCUT2D eigenvalue weighted by atomic mass is 35.5. The molecule has 2 aromatic rings. The number of piperidine rings is 1. The molecule has 3 atom stereocenters. The molecule has 2 aliphatic rings. The molecule has 0 saturated carbocycles. The molecule has 4 rings (SSSR count). The average molecular weight is 493 g/mol. The van der Waals surface area contributed by atoms with E-state index in [1.807, 2.05) is 26.0 Å². The Bertz CT molecular complexity index is 1070. The highest BCUT2D eigenvalue weighted by Gasteiger charge is 2.33. The number of ether oxygens (including phenoxy) is 1. The lowest BCUT2D eigenvalue weighted by molar-refractivity contribution is -0.120. The number of amides is 1. The van der Waals surface area contributed by atoms with Crippen LogP contribution in [0.1, 0.15) is 26.7 Å². The van der Waals surface area contributed by atoms with Crippen LogP contribution in [0.25, 0.3) is 0 Å². The predicted octanol–water partition coefficient (Wildman–Crippen LogP) is 3.39. The van der Waals surface area contributed by atoms with Crippen molar-refractivity contribution in [2.75, 3.05) is 36.4 Å². The Labute approximate surface area is 199 Å². The average Bonchev–Trinajstić information content (AvgIpc) is 2.79. The van der Waals surface area contributed by atoms with Gasteiger partial charge in [-0.05, 0) is 63.1 Å². The van der Waals surface area contributed by atoms with Crippen molar-refractivity contribution in [2.24, 2.45) is 5.92 Å². The lowest BCUT2D eigenvalue weighted by Gasteiger charge is -2.36. The number of carbonyl (C=O) groups is 1. The van der Waals surface area contributed by atoms with Gasteiger partial charge in [0.15, 0.2) is 0 Å². The fraction of sp³-hybridized carbons (Fsp3) is 0.478. The smallest absolute Gasteiger partial charge is 0.243 e. The summed E-state index contributed by atoms with van der Waals surface area (Å²) in [6.07, 6.45) is 3.16. The molecule has 2 saturated heterocycles. The molecular weight excluding hydrogens is 464 g/mol. The zero-order valence-electron chi connectivity index (χ0n) is 18.8. The second-order valence-corrected chi connectivity index (χ2v) is 11.1. The first-order valence-electron chi connectivity index (χ1n) is 11.2. The molecule has 1 aromatic carbocycles. The number of anilines is 2. The van der Waals surface area contributed by atoms with E-state index in [1.54, 1.807) is 18.3 Å². The fourth-order valence-corrected chi connectivity index (χ4v) is 6.04. The molecule has 0 bridgehead atoms. The van der Waals surface area contributed by atoms with Crippen molar-refractivity contribution in [1.82, 2.24) is 9.29 Å². The van der Waals surface area contributed by atoms with Crippen LogP contribution in [0.5, 0.6) is 0 Å². The number of halogens is 1. The Morgan fingerprint density at radius 3 is 2.42 bits per heavy atom. The van der Waals surface area contributed by atoms with E-state index in [-0.39, 0.29) is 29.6 Å². The van der Waals surface area contributed by atoms with Crippen LogP contribution >= 0.6 is 11.6 Å². The van der Waals surface area contributed by atoms with Crippen LogP contribution in [0, 0.1) is 5.92 Å². The SMILES string of the molecule is CC1CN(c2ccc(NC(=O)C3CCCN(S(=O)(=O)c4ccc(Cl)cc4)C3)cn2)CC(C)O1. The summed E-state index contributed by atoms with van der Waals surface area (Å²) < 4.78 is 33.1. The summed E-state index contributed by atoms with van der Waals surface area (Å²) in [5.41, 5.74) is 0.593. The van der Waals surface area contributed by atoms with Crippen molar-refractivity contribution in [3.8, 4) is 0 Å². The molecule has 0 radical (unpaired) electrons. The van der Waals surface area contributed by atoms with E-state index in [0.717, 1.165) is 18.9 Å². The number of pyridine rings is 1. The van der Waals surface area contributed by atoms with Gasteiger partial charge in [-0.2, -0.15) is 4.31 Å². The Balaban J connectivity index is 1.38. The number of rotatable bonds is 5. The topological polar surface area (TPSA) is 91.8 Å². The number of sulfonamides is 1. The molecular formula is C23H29ClN4O4S. The lowest BCUT2D eigenvalue weighted by Crippen LogP contribution is -2.45. The number of benzene rings is 1. The maximum absolute atomic E-state index is 13.0. The molecule has 3 unspecified atom stereocenters. The van der Waals surface area contributed by atoms with Gasteiger partial charge in [0.25, 0.3) is 0 Å². The highest BCUT2D eigenvalue weighted by molar-refractivity contribution is 7.89. The van der Waals surface area contributed by atoms with Gasteiger partial charge in [0, 0.05) is 31.2 Å². The Morgan fingerprint density at radius 2 is 1.79 bits per heavy atom. The third kappa shape index (κ3) is 5.66. The zero-order valence-corrected chi connectivity index (χ0v) is 20.3. The number of morpholine rings is 1. The number of nitrogens with zero attached hydrogens (tertiary/aromatic N) is 3. The number of carbonyl (C=O) groups excluding carboxylic acids is 1. The van der Waals surface area contributed by atoms with Crippen LogP contribution in [0.3, 0.4) is 0 Å². The predicted molar refractivity (Wildman–Crippen MR) is 128 cm³/mol. The zero-order chi connectivity index (χ0) is 23.6. The Hall–Kier alpha value is -2.20. The summed E-state index contributed by atoms with van der Waals surface area (Å²) in [5, 5.41) is 3.37. The summed E-state index contributed by atoms with van der Waals surface area (Å²) in [6.45, 7) is 6.15. The Kier molecular flexibility index (Phi) is 7.23. The van der Waals surface area contributed by atoms with Gasteiger partial charge >= 0.3 is 0 Å². The lowest BCUT2D eigenvalue weighted by atomic mass is 9.99. The summed E-state index contributed by atoms with van der Waals surface area (Å²) in [6, 6.07) is 9.80. The van der Waals surface area contributed by atoms with Gasteiger partial charge in [-0.25, -0.2) is 13.4 Å². The van der Waals surface area contributed by atoms with Crippen LogP contribution in [-0.4, -0.2) is 62.0 Å². The van der Waals surface area contributed by atoms with Crippen molar-refractivity contribution in [2.45, 2.75) is 43.8 Å². The molecule has 8 nitrogen and oxygen atoms in total. The fourth-order valence-electron chi connectivity index (χ4n) is 4.39. The molecule has 178 valence electrons. The number of hydrogen-bond donors (Lipinski definition) is 1. The van der Waals surface area contributed by atoms with Gasteiger partial charge in [0.2, 0.25) is 15.9 Å². The van der Waals surface area contributed by atoms with Crippen LogP contribution in [0.4, 0.5) is 11.5 Å². The molecule has 0 spiro atoms. The van der Waals surface area contributed by atoms with Crippen LogP contribution in [0.2, 0.25) is 5.02 Å². The van der Waals surface area contributed by atoms with Crippen molar-refractivity contribution in [3.63, 3.8) is 0 Å². The molecule has 0 aliphatic carbocycles. The normalized spacial score (nSPS) is 24.5. The van der Waals surface area contributed by atoms with Gasteiger partial charge in [-0.1, -0.05) is 11.6 Å². The first-order valence-corrected chi connectivity index (χ1v) is 13.0. The number of nitrogens with one attached hydrogen (secondary N) is 1. The molecule has 2 aliphatic heterocycles. The second-order valence-electron chi connectivity index (χ2n) is 8.71. The van der Waals surface area contributed by atoms with Crippen molar-refractivity contribution < 1.29 is 17.9 Å². The van der Waals surface area contributed by atoms with E-state index in [0.29, 0.717) is 30.1 Å².